The van der Waals surface area contributed by atoms with Gasteiger partial charge in [0.25, 0.3) is 0 Å². The molecule has 31 heavy (non-hydrogen) atoms. The summed E-state index contributed by atoms with van der Waals surface area (Å²) in [6.07, 6.45) is 1.01. The van der Waals surface area contributed by atoms with Gasteiger partial charge >= 0.3 is 0 Å². The number of sulfonamides is 1. The fraction of sp³-hybridized carbons (Fsp3) is 0.435. The van der Waals surface area contributed by atoms with Crippen molar-refractivity contribution in [1.82, 2.24) is 9.62 Å². The van der Waals surface area contributed by atoms with Crippen molar-refractivity contribution in [2.45, 2.75) is 37.6 Å². The Bertz CT molecular complexity index is 1040. The van der Waals surface area contributed by atoms with Crippen molar-refractivity contribution in [3.05, 3.63) is 53.6 Å². The lowest BCUT2D eigenvalue weighted by atomic mass is 9.96. The van der Waals surface area contributed by atoms with Gasteiger partial charge in [-0.15, -0.1) is 0 Å². The number of carbonyl (C=O) groups excluding carboxylic acids is 1. The van der Waals surface area contributed by atoms with Crippen LogP contribution in [0.1, 0.15) is 36.9 Å². The molecule has 2 heterocycles. The number of fused-ring (bicyclic) bond motifs is 1. The number of hydrogen-bond donors (Lipinski definition) is 1. The molecule has 7 nitrogen and oxygen atoms in total. The molecule has 0 bridgehead atoms. The Balaban J connectivity index is 1.34. The molecule has 166 valence electrons. The van der Waals surface area contributed by atoms with Crippen LogP contribution in [0.5, 0.6) is 11.5 Å². The molecule has 2 aliphatic rings. The lowest BCUT2D eigenvalue weighted by molar-refractivity contribution is -0.126. The number of nitrogens with one attached hydrogen (secondary N) is 1. The highest BCUT2D eigenvalue weighted by molar-refractivity contribution is 7.89. The van der Waals surface area contributed by atoms with Crippen molar-refractivity contribution in [2.75, 3.05) is 26.3 Å². The Morgan fingerprint density at radius 3 is 2.35 bits per heavy atom. The fourth-order valence-corrected chi connectivity index (χ4v) is 5.43. The van der Waals surface area contributed by atoms with Crippen LogP contribution in [-0.4, -0.2) is 44.9 Å². The maximum atomic E-state index is 12.9. The third kappa shape index (κ3) is 4.70. The molecule has 1 saturated heterocycles. The monoisotopic (exact) mass is 444 g/mol. The highest BCUT2D eigenvalue weighted by Gasteiger charge is 2.32. The van der Waals surface area contributed by atoms with Gasteiger partial charge < -0.3 is 14.8 Å². The van der Waals surface area contributed by atoms with E-state index in [-0.39, 0.29) is 17.9 Å². The molecule has 0 radical (unpaired) electrons. The molecular formula is C23H28N2O5S. The normalized spacial score (nSPS) is 18.4. The average Bonchev–Trinajstić information content (AvgIpc) is 2.79. The zero-order valence-corrected chi connectivity index (χ0v) is 18.7. The predicted molar refractivity (Wildman–Crippen MR) is 117 cm³/mol. The van der Waals surface area contributed by atoms with Crippen LogP contribution in [-0.2, 0) is 14.8 Å². The molecule has 0 spiro atoms. The summed E-state index contributed by atoms with van der Waals surface area (Å²) in [7, 11) is -3.53. The Hall–Kier alpha value is -2.58. The Kier molecular flexibility index (Phi) is 6.20. The molecule has 1 N–H and O–H groups in total. The van der Waals surface area contributed by atoms with Crippen LogP contribution in [0.3, 0.4) is 0 Å². The highest BCUT2D eigenvalue weighted by Crippen LogP contribution is 2.33. The van der Waals surface area contributed by atoms with Crippen LogP contribution >= 0.6 is 0 Å². The first-order valence-electron chi connectivity index (χ1n) is 10.6. The van der Waals surface area contributed by atoms with E-state index < -0.39 is 10.0 Å². The first-order valence-corrected chi connectivity index (χ1v) is 12.1. The summed E-state index contributed by atoms with van der Waals surface area (Å²) in [5.74, 6) is 1.16. The molecule has 8 heteroatoms. The molecule has 0 aromatic heterocycles. The predicted octanol–water partition coefficient (Wildman–Crippen LogP) is 3.04. The van der Waals surface area contributed by atoms with Gasteiger partial charge in [-0.25, -0.2) is 8.42 Å². The van der Waals surface area contributed by atoms with Gasteiger partial charge in [0.15, 0.2) is 11.5 Å². The van der Waals surface area contributed by atoms with Gasteiger partial charge in [-0.3, -0.25) is 4.79 Å². The van der Waals surface area contributed by atoms with Gasteiger partial charge in [0.05, 0.1) is 10.9 Å². The summed E-state index contributed by atoms with van der Waals surface area (Å²) in [6, 6.07) is 12.4. The smallest absolute Gasteiger partial charge is 0.243 e. The van der Waals surface area contributed by atoms with E-state index >= 15 is 0 Å². The van der Waals surface area contributed by atoms with Crippen molar-refractivity contribution >= 4 is 15.9 Å². The average molecular weight is 445 g/mol. The molecule has 2 aromatic rings. The fourth-order valence-electron chi connectivity index (χ4n) is 3.96. The largest absolute Gasteiger partial charge is 0.486 e. The molecule has 0 saturated carbocycles. The standard InChI is InChI=1S/C23H28N2O5S/c1-16-3-6-20(7-4-16)31(27,28)25-11-9-18(10-12-25)23(26)24-17(2)19-5-8-21-22(15-19)30-14-13-29-21/h3-8,15,17-18H,9-14H2,1-2H3,(H,24,26). The lowest BCUT2D eigenvalue weighted by Crippen LogP contribution is -2.43. The summed E-state index contributed by atoms with van der Waals surface area (Å²) >= 11 is 0. The quantitative estimate of drug-likeness (QED) is 0.766. The van der Waals surface area contributed by atoms with Crippen molar-refractivity contribution in [1.29, 1.82) is 0 Å². The second-order valence-electron chi connectivity index (χ2n) is 8.12. The second-order valence-corrected chi connectivity index (χ2v) is 10.1. The van der Waals surface area contributed by atoms with Gasteiger partial charge in [0.2, 0.25) is 15.9 Å². The maximum absolute atomic E-state index is 12.9. The number of hydrogen-bond acceptors (Lipinski definition) is 5. The molecule has 0 aliphatic carbocycles. The lowest BCUT2D eigenvalue weighted by Gasteiger charge is -2.31. The number of carbonyl (C=O) groups is 1. The van der Waals surface area contributed by atoms with Crippen molar-refractivity contribution in [3.8, 4) is 11.5 Å². The minimum atomic E-state index is -3.53. The van der Waals surface area contributed by atoms with Gasteiger partial charge in [0.1, 0.15) is 13.2 Å². The summed E-state index contributed by atoms with van der Waals surface area (Å²) in [4.78, 5) is 13.1. The zero-order chi connectivity index (χ0) is 22.0. The van der Waals surface area contributed by atoms with E-state index in [0.29, 0.717) is 49.8 Å². The van der Waals surface area contributed by atoms with Crippen LogP contribution in [0.4, 0.5) is 0 Å². The van der Waals surface area contributed by atoms with Crippen LogP contribution in [0.25, 0.3) is 0 Å². The highest BCUT2D eigenvalue weighted by atomic mass is 32.2. The van der Waals surface area contributed by atoms with Crippen molar-refractivity contribution in [3.63, 3.8) is 0 Å². The number of aryl methyl sites for hydroxylation is 1. The SMILES string of the molecule is Cc1ccc(S(=O)(=O)N2CCC(C(=O)NC(C)c3ccc4c(c3)OCCO4)CC2)cc1. The minimum absolute atomic E-state index is 0.0465. The van der Waals surface area contributed by atoms with E-state index in [2.05, 4.69) is 5.32 Å². The van der Waals surface area contributed by atoms with E-state index in [1.54, 1.807) is 24.3 Å². The molecule has 1 fully saturated rings. The number of piperidine rings is 1. The Morgan fingerprint density at radius 2 is 1.68 bits per heavy atom. The van der Waals surface area contributed by atoms with Gasteiger partial charge in [-0.05, 0) is 56.5 Å². The third-order valence-electron chi connectivity index (χ3n) is 5.91. The summed E-state index contributed by atoms with van der Waals surface area (Å²) in [5.41, 5.74) is 1.96. The molecule has 1 atom stereocenters. The minimum Gasteiger partial charge on any atom is -0.486 e. The molecule has 2 aliphatic heterocycles. The maximum Gasteiger partial charge on any atom is 0.243 e. The number of amides is 1. The molecule has 1 amide bonds. The first kappa shape index (κ1) is 21.6. The van der Waals surface area contributed by atoms with E-state index in [9.17, 15) is 13.2 Å². The van der Waals surface area contributed by atoms with Gasteiger partial charge in [0, 0.05) is 19.0 Å². The van der Waals surface area contributed by atoms with Gasteiger partial charge in [-0.1, -0.05) is 23.8 Å². The molecular weight excluding hydrogens is 416 g/mol. The number of nitrogens with zero attached hydrogens (tertiary/aromatic N) is 1. The summed E-state index contributed by atoms with van der Waals surface area (Å²) in [5, 5.41) is 3.06. The Morgan fingerprint density at radius 1 is 1.03 bits per heavy atom. The second kappa shape index (κ2) is 8.88. The molecule has 2 aromatic carbocycles. The third-order valence-corrected chi connectivity index (χ3v) is 7.82. The van der Waals surface area contributed by atoms with Crippen molar-refractivity contribution in [2.24, 2.45) is 5.92 Å². The topological polar surface area (TPSA) is 84.9 Å². The zero-order valence-electron chi connectivity index (χ0n) is 17.8. The van der Waals surface area contributed by atoms with Crippen molar-refractivity contribution < 1.29 is 22.7 Å². The van der Waals surface area contributed by atoms with Gasteiger partial charge in [-0.2, -0.15) is 4.31 Å². The summed E-state index contributed by atoms with van der Waals surface area (Å²) < 4.78 is 38.4. The van der Waals surface area contributed by atoms with E-state index in [1.165, 1.54) is 4.31 Å². The van der Waals surface area contributed by atoms with E-state index in [1.807, 2.05) is 32.0 Å². The Labute approximate surface area is 183 Å². The van der Waals surface area contributed by atoms with Crippen LogP contribution in [0.2, 0.25) is 0 Å². The first-order chi connectivity index (χ1) is 14.8. The summed E-state index contributed by atoms with van der Waals surface area (Å²) in [6.45, 7) is 5.59. The van der Waals surface area contributed by atoms with Crippen LogP contribution in [0, 0.1) is 12.8 Å². The molecule has 4 rings (SSSR count). The van der Waals surface area contributed by atoms with Crippen LogP contribution < -0.4 is 14.8 Å². The van der Waals surface area contributed by atoms with E-state index in [4.69, 9.17) is 9.47 Å². The van der Waals surface area contributed by atoms with E-state index in [0.717, 1.165) is 16.9 Å². The number of ether oxygens (including phenoxy) is 2. The van der Waals surface area contributed by atoms with Crippen LogP contribution in [0.15, 0.2) is 47.4 Å². The number of rotatable bonds is 5. The number of benzene rings is 2. The molecule has 1 unspecified atom stereocenters.